The Balaban J connectivity index is 1.51. The molecular weight excluding hydrogens is 414 g/mol. The van der Waals surface area contributed by atoms with E-state index < -0.39 is 17.0 Å². The molecular formula is C24H22F2N4O2. The second-order valence-electron chi connectivity index (χ2n) is 8.23. The quantitative estimate of drug-likeness (QED) is 0.611. The number of carbonyl (C=O) groups excluding carboxylic acids is 1. The standard InChI is InChI=1S/C24H22F2N4O2/c1-15-19(13-29-30(15)17-3-4-20(25)21(26)11-17)22(32)10-16-2-5-23(28-12-16)24(14-27)8-6-18(31)7-9-24/h2-5,11-13,18,31H,6-10H2,1H3. The van der Waals surface area contributed by atoms with Crippen molar-refractivity contribution in [2.45, 2.75) is 50.5 Å². The Morgan fingerprint density at radius 1 is 1.22 bits per heavy atom. The van der Waals surface area contributed by atoms with E-state index in [2.05, 4.69) is 16.2 Å². The summed E-state index contributed by atoms with van der Waals surface area (Å²) in [6, 6.07) is 9.38. The van der Waals surface area contributed by atoms with Gasteiger partial charge in [0.15, 0.2) is 17.4 Å². The number of aromatic nitrogens is 3. The SMILES string of the molecule is Cc1c(C(=O)Cc2ccc(C3(C#N)CCC(O)CC3)nc2)cnn1-c1ccc(F)c(F)c1. The molecule has 1 fully saturated rings. The highest BCUT2D eigenvalue weighted by atomic mass is 19.2. The van der Waals surface area contributed by atoms with Gasteiger partial charge in [-0.05, 0) is 56.4 Å². The van der Waals surface area contributed by atoms with Gasteiger partial charge in [-0.1, -0.05) is 6.07 Å². The van der Waals surface area contributed by atoms with Crippen LogP contribution in [0, 0.1) is 29.9 Å². The third-order valence-electron chi connectivity index (χ3n) is 6.16. The number of hydrogen-bond acceptors (Lipinski definition) is 5. The summed E-state index contributed by atoms with van der Waals surface area (Å²) >= 11 is 0. The molecule has 0 radical (unpaired) electrons. The zero-order chi connectivity index (χ0) is 22.9. The van der Waals surface area contributed by atoms with Crippen LogP contribution in [-0.2, 0) is 11.8 Å². The van der Waals surface area contributed by atoms with Crippen LogP contribution in [0.2, 0.25) is 0 Å². The molecule has 0 saturated heterocycles. The molecule has 2 heterocycles. The van der Waals surface area contributed by atoms with Gasteiger partial charge in [-0.15, -0.1) is 0 Å². The van der Waals surface area contributed by atoms with E-state index in [9.17, 15) is 23.9 Å². The molecule has 2 aromatic heterocycles. The van der Waals surface area contributed by atoms with Gasteiger partial charge in [0.05, 0.1) is 46.4 Å². The molecule has 0 unspecified atom stereocenters. The highest BCUT2D eigenvalue weighted by molar-refractivity contribution is 5.98. The van der Waals surface area contributed by atoms with Crippen molar-refractivity contribution in [1.82, 2.24) is 14.8 Å². The smallest absolute Gasteiger partial charge is 0.170 e. The second-order valence-corrected chi connectivity index (χ2v) is 8.23. The van der Waals surface area contributed by atoms with E-state index in [0.717, 1.165) is 12.1 Å². The summed E-state index contributed by atoms with van der Waals surface area (Å²) in [6.45, 7) is 1.69. The van der Waals surface area contributed by atoms with Gasteiger partial charge in [0.2, 0.25) is 0 Å². The number of aliphatic hydroxyl groups excluding tert-OH is 1. The molecule has 4 rings (SSSR count). The predicted octanol–water partition coefficient (Wildman–Crippen LogP) is 3.98. The maximum Gasteiger partial charge on any atom is 0.170 e. The van der Waals surface area contributed by atoms with E-state index in [-0.39, 0.29) is 18.3 Å². The second kappa shape index (κ2) is 8.60. The van der Waals surface area contributed by atoms with Crippen LogP contribution in [0.5, 0.6) is 0 Å². The number of pyridine rings is 1. The van der Waals surface area contributed by atoms with E-state index in [1.807, 2.05) is 0 Å². The highest BCUT2D eigenvalue weighted by Crippen LogP contribution is 2.38. The summed E-state index contributed by atoms with van der Waals surface area (Å²) in [4.78, 5) is 17.3. The Kier molecular flexibility index (Phi) is 5.85. The number of nitrogens with zero attached hydrogens (tertiary/aromatic N) is 4. The monoisotopic (exact) mass is 436 g/mol. The van der Waals surface area contributed by atoms with Crippen molar-refractivity contribution in [3.05, 3.63) is 76.9 Å². The average molecular weight is 436 g/mol. The lowest BCUT2D eigenvalue weighted by Gasteiger charge is -2.32. The summed E-state index contributed by atoms with van der Waals surface area (Å²) in [5, 5.41) is 23.6. The first kappa shape index (κ1) is 21.8. The van der Waals surface area contributed by atoms with Gasteiger partial charge >= 0.3 is 0 Å². The average Bonchev–Trinajstić information content (AvgIpc) is 3.18. The zero-order valence-electron chi connectivity index (χ0n) is 17.6. The van der Waals surface area contributed by atoms with Crippen LogP contribution >= 0.6 is 0 Å². The maximum absolute atomic E-state index is 13.6. The minimum Gasteiger partial charge on any atom is -0.393 e. The number of ketones is 1. The number of nitriles is 1. The van der Waals surface area contributed by atoms with Crippen molar-refractivity contribution in [2.24, 2.45) is 0 Å². The van der Waals surface area contributed by atoms with Crippen LogP contribution in [0.4, 0.5) is 8.78 Å². The highest BCUT2D eigenvalue weighted by Gasteiger charge is 2.37. The molecule has 0 amide bonds. The molecule has 0 atom stereocenters. The number of aliphatic hydroxyl groups is 1. The molecule has 3 aromatic rings. The number of benzene rings is 1. The molecule has 1 N–H and O–H groups in total. The lowest BCUT2D eigenvalue weighted by atomic mass is 9.72. The van der Waals surface area contributed by atoms with E-state index in [4.69, 9.17) is 0 Å². The first-order chi connectivity index (χ1) is 15.3. The van der Waals surface area contributed by atoms with E-state index in [1.165, 1.54) is 16.9 Å². The Hall–Kier alpha value is -3.44. The molecule has 1 aliphatic rings. The molecule has 6 nitrogen and oxygen atoms in total. The zero-order valence-corrected chi connectivity index (χ0v) is 17.6. The molecule has 0 bridgehead atoms. The molecule has 0 spiro atoms. The van der Waals surface area contributed by atoms with E-state index in [1.54, 1.807) is 25.3 Å². The van der Waals surface area contributed by atoms with Crippen LogP contribution in [0.1, 0.15) is 53.0 Å². The Morgan fingerprint density at radius 3 is 2.59 bits per heavy atom. The molecule has 1 aliphatic carbocycles. The molecule has 164 valence electrons. The van der Waals surface area contributed by atoms with Crippen molar-refractivity contribution >= 4 is 5.78 Å². The minimum atomic E-state index is -0.987. The fraction of sp³-hybridized carbons (Fsp3) is 0.333. The number of Topliss-reactive ketones (excluding diaryl/α,β-unsaturated/α-hetero) is 1. The van der Waals surface area contributed by atoms with Crippen molar-refractivity contribution in [3.8, 4) is 11.8 Å². The van der Waals surface area contributed by atoms with Crippen LogP contribution in [0.3, 0.4) is 0 Å². The summed E-state index contributed by atoms with van der Waals surface area (Å²) in [7, 11) is 0. The fourth-order valence-corrected chi connectivity index (χ4v) is 4.17. The van der Waals surface area contributed by atoms with Crippen LogP contribution in [-0.4, -0.2) is 31.8 Å². The lowest BCUT2D eigenvalue weighted by Crippen LogP contribution is -2.33. The number of hydrogen-bond donors (Lipinski definition) is 1. The fourth-order valence-electron chi connectivity index (χ4n) is 4.17. The van der Waals surface area contributed by atoms with Gasteiger partial charge in [0, 0.05) is 18.7 Å². The van der Waals surface area contributed by atoms with Gasteiger partial charge in [-0.3, -0.25) is 9.78 Å². The minimum absolute atomic E-state index is 0.0931. The Labute approximate surface area is 184 Å². The van der Waals surface area contributed by atoms with Gasteiger partial charge in [-0.2, -0.15) is 10.4 Å². The van der Waals surface area contributed by atoms with Crippen LogP contribution in [0.15, 0.2) is 42.7 Å². The number of carbonyl (C=O) groups is 1. The summed E-state index contributed by atoms with van der Waals surface area (Å²) in [5.74, 6) is -2.12. The molecule has 1 aromatic carbocycles. The summed E-state index contributed by atoms with van der Waals surface area (Å²) < 4.78 is 28.2. The molecule has 0 aliphatic heterocycles. The van der Waals surface area contributed by atoms with Gasteiger partial charge in [-0.25, -0.2) is 13.5 Å². The number of halogens is 2. The third kappa shape index (κ3) is 4.04. The van der Waals surface area contributed by atoms with Crippen LogP contribution in [0.25, 0.3) is 5.69 Å². The summed E-state index contributed by atoms with van der Waals surface area (Å²) in [5.41, 5.74) is 1.88. The molecule has 1 saturated carbocycles. The largest absolute Gasteiger partial charge is 0.393 e. The molecule has 8 heteroatoms. The van der Waals surface area contributed by atoms with Crippen molar-refractivity contribution in [1.29, 1.82) is 5.26 Å². The van der Waals surface area contributed by atoms with Crippen LogP contribution < -0.4 is 0 Å². The van der Waals surface area contributed by atoms with Gasteiger partial charge < -0.3 is 5.11 Å². The third-order valence-corrected chi connectivity index (χ3v) is 6.16. The van der Waals surface area contributed by atoms with Crippen molar-refractivity contribution in [3.63, 3.8) is 0 Å². The molecule has 32 heavy (non-hydrogen) atoms. The normalized spacial score (nSPS) is 20.7. The topological polar surface area (TPSA) is 91.8 Å². The van der Waals surface area contributed by atoms with Gasteiger partial charge in [0.1, 0.15) is 0 Å². The van der Waals surface area contributed by atoms with Crippen molar-refractivity contribution in [2.75, 3.05) is 0 Å². The maximum atomic E-state index is 13.6. The Morgan fingerprint density at radius 2 is 1.97 bits per heavy atom. The number of rotatable bonds is 5. The summed E-state index contributed by atoms with van der Waals surface area (Å²) in [6.07, 6.45) is 4.98. The predicted molar refractivity (Wildman–Crippen MR) is 112 cm³/mol. The van der Waals surface area contributed by atoms with E-state index >= 15 is 0 Å². The van der Waals surface area contributed by atoms with E-state index in [0.29, 0.717) is 53.9 Å². The first-order valence-electron chi connectivity index (χ1n) is 10.4. The van der Waals surface area contributed by atoms with Crippen molar-refractivity contribution < 1.29 is 18.7 Å². The van der Waals surface area contributed by atoms with Gasteiger partial charge in [0.25, 0.3) is 0 Å². The Bertz CT molecular complexity index is 1190. The lowest BCUT2D eigenvalue weighted by molar-refractivity contribution is 0.0991. The first-order valence-corrected chi connectivity index (χ1v) is 10.4.